The van der Waals surface area contributed by atoms with Crippen molar-refractivity contribution in [1.29, 1.82) is 0 Å². The van der Waals surface area contributed by atoms with Crippen LogP contribution in [0.5, 0.6) is 5.75 Å². The van der Waals surface area contributed by atoms with Crippen molar-refractivity contribution >= 4 is 17.5 Å². The molecule has 0 spiro atoms. The highest BCUT2D eigenvalue weighted by Gasteiger charge is 2.33. The Kier molecular flexibility index (Phi) is 12.8. The number of benzene rings is 2. The number of hydrogen-bond donors (Lipinski definition) is 2. The van der Waals surface area contributed by atoms with Gasteiger partial charge >= 0.3 is 0 Å². The number of nitrogens with zero attached hydrogens (tertiary/aromatic N) is 1. The molecular weight excluding hydrogens is 486 g/mol. The minimum absolute atomic E-state index is 0.0442. The van der Waals surface area contributed by atoms with E-state index in [4.69, 9.17) is 4.74 Å². The molecule has 214 valence electrons. The molecule has 1 heterocycles. The van der Waals surface area contributed by atoms with Crippen molar-refractivity contribution in [1.82, 2.24) is 5.32 Å². The molecule has 2 amide bonds. The van der Waals surface area contributed by atoms with Gasteiger partial charge < -0.3 is 19.9 Å². The summed E-state index contributed by atoms with van der Waals surface area (Å²) in [7, 11) is 0. The predicted octanol–water partition coefficient (Wildman–Crippen LogP) is 7.21. The van der Waals surface area contributed by atoms with Crippen LogP contribution in [0.25, 0.3) is 0 Å². The summed E-state index contributed by atoms with van der Waals surface area (Å²) in [5, 5.41) is 6.19. The Morgan fingerprint density at radius 2 is 1.44 bits per heavy atom. The maximum absolute atomic E-state index is 13.0. The van der Waals surface area contributed by atoms with Crippen molar-refractivity contribution < 1.29 is 18.8 Å². The average Bonchev–Trinajstić information content (AvgIpc) is 2.95. The smallest absolute Gasteiger partial charge is 0.259 e. The Labute approximate surface area is 236 Å². The number of quaternary nitrogens is 1. The molecule has 2 aromatic carbocycles. The summed E-state index contributed by atoms with van der Waals surface area (Å²) in [5.74, 6) is 0.346. The second-order valence-corrected chi connectivity index (χ2v) is 11.1. The minimum Gasteiger partial charge on any atom is -0.493 e. The van der Waals surface area contributed by atoms with Crippen LogP contribution in [0.3, 0.4) is 0 Å². The summed E-state index contributed by atoms with van der Waals surface area (Å²) in [6.45, 7) is 12.1. The summed E-state index contributed by atoms with van der Waals surface area (Å²) < 4.78 is 7.15. The van der Waals surface area contributed by atoms with E-state index in [2.05, 4.69) is 31.4 Å². The Balaban J connectivity index is 1.48. The maximum Gasteiger partial charge on any atom is 0.259 e. The van der Waals surface area contributed by atoms with Crippen LogP contribution in [0.2, 0.25) is 0 Å². The van der Waals surface area contributed by atoms with E-state index in [1.807, 2.05) is 18.2 Å². The first-order valence-electron chi connectivity index (χ1n) is 15.3. The second kappa shape index (κ2) is 16.3. The Morgan fingerprint density at radius 3 is 2.10 bits per heavy atom. The zero-order chi connectivity index (χ0) is 27.9. The molecule has 1 aliphatic rings. The number of rotatable bonds is 16. The Bertz CT molecular complexity index is 1010. The van der Waals surface area contributed by atoms with E-state index >= 15 is 0 Å². The molecule has 0 aliphatic carbocycles. The van der Waals surface area contributed by atoms with Crippen molar-refractivity contribution in [2.45, 2.75) is 91.0 Å². The zero-order valence-electron chi connectivity index (χ0n) is 24.5. The van der Waals surface area contributed by atoms with E-state index in [0.717, 1.165) is 38.8 Å². The third-order valence-corrected chi connectivity index (χ3v) is 7.93. The lowest BCUT2D eigenvalue weighted by atomic mass is 10.0. The van der Waals surface area contributed by atoms with Gasteiger partial charge in [0.15, 0.2) is 0 Å². The van der Waals surface area contributed by atoms with Crippen molar-refractivity contribution in [3.05, 3.63) is 59.7 Å². The molecular formula is C33H50N3O3+. The van der Waals surface area contributed by atoms with Crippen molar-refractivity contribution in [3.63, 3.8) is 0 Å². The summed E-state index contributed by atoms with van der Waals surface area (Å²) >= 11 is 0. The predicted molar refractivity (Wildman–Crippen MR) is 161 cm³/mol. The lowest BCUT2D eigenvalue weighted by molar-refractivity contribution is -0.932. The van der Waals surface area contributed by atoms with Gasteiger partial charge in [-0.15, -0.1) is 0 Å². The van der Waals surface area contributed by atoms with Gasteiger partial charge in [0.2, 0.25) is 0 Å². The summed E-state index contributed by atoms with van der Waals surface area (Å²) in [5.41, 5.74) is 1.79. The van der Waals surface area contributed by atoms with Crippen LogP contribution in [0.1, 0.15) is 106 Å². The maximum atomic E-state index is 13.0. The standard InChI is InChI=1S/C33H49N3O3/c1-4-7-8-9-10-13-26-39-31-15-12-11-14-30(31)33(38)35-28-18-16-27(17-19-28)32(37)34-29-20-24-36(22-5-2,23-6-3)25-21-29/h11-12,14-19,29H,4-10,13,20-26H2,1-3H3,(H-,34,35,37,38)/p+1. The zero-order valence-corrected chi connectivity index (χ0v) is 24.5. The molecule has 2 N–H and O–H groups in total. The van der Waals surface area contributed by atoms with Gasteiger partial charge in [0.05, 0.1) is 38.3 Å². The molecule has 0 radical (unpaired) electrons. The molecule has 6 nitrogen and oxygen atoms in total. The second-order valence-electron chi connectivity index (χ2n) is 11.1. The van der Waals surface area contributed by atoms with Crippen molar-refractivity contribution in [2.75, 3.05) is 38.1 Å². The van der Waals surface area contributed by atoms with Crippen LogP contribution in [0.4, 0.5) is 5.69 Å². The number of piperidine rings is 1. The summed E-state index contributed by atoms with van der Waals surface area (Å²) in [4.78, 5) is 25.9. The number of carbonyl (C=O) groups is 2. The number of unbranched alkanes of at least 4 members (excludes halogenated alkanes) is 5. The quantitative estimate of drug-likeness (QED) is 0.176. The topological polar surface area (TPSA) is 67.4 Å². The van der Waals surface area contributed by atoms with Gasteiger partial charge in [-0.25, -0.2) is 0 Å². The molecule has 0 unspecified atom stereocenters. The Hall–Kier alpha value is -2.86. The van der Waals surface area contributed by atoms with Crippen LogP contribution in [0.15, 0.2) is 48.5 Å². The lowest BCUT2D eigenvalue weighted by Gasteiger charge is -2.43. The highest BCUT2D eigenvalue weighted by molar-refractivity contribution is 6.06. The number of para-hydroxylation sites is 1. The van der Waals surface area contributed by atoms with E-state index in [9.17, 15) is 9.59 Å². The van der Waals surface area contributed by atoms with Gasteiger partial charge in [-0.05, 0) is 55.7 Å². The Morgan fingerprint density at radius 1 is 0.795 bits per heavy atom. The number of hydrogen-bond acceptors (Lipinski definition) is 3. The van der Waals surface area contributed by atoms with Gasteiger partial charge in [-0.3, -0.25) is 9.59 Å². The molecule has 0 atom stereocenters. The third-order valence-electron chi connectivity index (χ3n) is 7.93. The monoisotopic (exact) mass is 536 g/mol. The van der Waals surface area contributed by atoms with Crippen LogP contribution >= 0.6 is 0 Å². The van der Waals surface area contributed by atoms with Gasteiger partial charge in [0.25, 0.3) is 11.8 Å². The largest absolute Gasteiger partial charge is 0.493 e. The third kappa shape index (κ3) is 9.68. The van der Waals surface area contributed by atoms with Crippen LogP contribution in [-0.2, 0) is 0 Å². The van der Waals surface area contributed by atoms with E-state index in [1.54, 1.807) is 30.3 Å². The molecule has 1 saturated heterocycles. The van der Waals surface area contributed by atoms with Crippen LogP contribution < -0.4 is 15.4 Å². The molecule has 0 aromatic heterocycles. The molecule has 0 saturated carbocycles. The van der Waals surface area contributed by atoms with E-state index in [0.29, 0.717) is 29.2 Å². The van der Waals surface area contributed by atoms with Crippen LogP contribution in [0, 0.1) is 0 Å². The first kappa shape index (κ1) is 30.7. The average molecular weight is 537 g/mol. The number of anilines is 1. The number of carbonyl (C=O) groups excluding carboxylic acids is 2. The van der Waals surface area contributed by atoms with E-state index < -0.39 is 0 Å². The molecule has 0 bridgehead atoms. The van der Waals surface area contributed by atoms with E-state index in [-0.39, 0.29) is 17.9 Å². The van der Waals surface area contributed by atoms with Gasteiger partial charge in [0, 0.05) is 30.1 Å². The number of nitrogens with one attached hydrogen (secondary N) is 2. The first-order valence-corrected chi connectivity index (χ1v) is 15.3. The van der Waals surface area contributed by atoms with Crippen molar-refractivity contribution in [3.8, 4) is 5.75 Å². The SMILES string of the molecule is CCCCCCCCOc1ccccc1C(=O)Nc1ccc(C(=O)NC2CC[N+](CCC)(CCC)CC2)cc1. The van der Waals surface area contributed by atoms with Crippen molar-refractivity contribution in [2.24, 2.45) is 0 Å². The fourth-order valence-corrected chi connectivity index (χ4v) is 5.78. The number of likely N-dealkylation sites (tertiary alicyclic amines) is 1. The minimum atomic E-state index is -0.214. The highest BCUT2D eigenvalue weighted by Crippen LogP contribution is 2.23. The molecule has 39 heavy (non-hydrogen) atoms. The van der Waals surface area contributed by atoms with E-state index in [1.165, 1.54) is 56.1 Å². The normalized spacial score (nSPS) is 15.1. The fourth-order valence-electron chi connectivity index (χ4n) is 5.78. The molecule has 3 rings (SSSR count). The molecule has 2 aromatic rings. The highest BCUT2D eigenvalue weighted by atomic mass is 16.5. The van der Waals surface area contributed by atoms with Gasteiger partial charge in [-0.1, -0.05) is 65.0 Å². The number of amides is 2. The summed E-state index contributed by atoms with van der Waals surface area (Å²) in [6, 6.07) is 14.7. The molecule has 6 heteroatoms. The summed E-state index contributed by atoms with van der Waals surface area (Å²) in [6.07, 6.45) is 11.6. The first-order chi connectivity index (χ1) is 19.0. The van der Waals surface area contributed by atoms with Crippen LogP contribution in [-0.4, -0.2) is 55.1 Å². The van der Waals surface area contributed by atoms with Gasteiger partial charge in [-0.2, -0.15) is 0 Å². The fraction of sp³-hybridized carbons (Fsp3) is 0.576. The van der Waals surface area contributed by atoms with Gasteiger partial charge in [0.1, 0.15) is 5.75 Å². The molecule has 1 aliphatic heterocycles. The number of ether oxygens (including phenoxy) is 1. The molecule has 1 fully saturated rings. The lowest BCUT2D eigenvalue weighted by Crippen LogP contribution is -2.57.